The third kappa shape index (κ3) is 2.85. The molecule has 0 saturated carbocycles. The van der Waals surface area contributed by atoms with Gasteiger partial charge in [0.15, 0.2) is 5.69 Å². The summed E-state index contributed by atoms with van der Waals surface area (Å²) < 4.78 is 37.3. The number of nitrogens with one attached hydrogen (secondary N) is 1. The first-order chi connectivity index (χ1) is 8.38. The van der Waals surface area contributed by atoms with Crippen molar-refractivity contribution in [2.24, 2.45) is 0 Å². The van der Waals surface area contributed by atoms with E-state index >= 15 is 0 Å². The monoisotopic (exact) mass is 261 g/mol. The van der Waals surface area contributed by atoms with Crippen molar-refractivity contribution >= 4 is 0 Å². The van der Waals surface area contributed by atoms with E-state index in [1.165, 1.54) is 0 Å². The Bertz CT molecular complexity index is 390. The van der Waals surface area contributed by atoms with Crippen molar-refractivity contribution in [1.82, 2.24) is 14.9 Å². The maximum Gasteiger partial charge on any atom is 0.434 e. The second-order valence-corrected chi connectivity index (χ2v) is 5.07. The highest BCUT2D eigenvalue weighted by Crippen LogP contribution is 2.31. The molecule has 0 amide bonds. The number of H-pyrrole nitrogens is 1. The molecular weight excluding hydrogens is 243 g/mol. The fourth-order valence-electron chi connectivity index (χ4n) is 2.38. The van der Waals surface area contributed by atoms with Crippen LogP contribution in [0.1, 0.15) is 44.1 Å². The van der Waals surface area contributed by atoms with Crippen molar-refractivity contribution in [2.75, 3.05) is 13.1 Å². The van der Waals surface area contributed by atoms with Crippen molar-refractivity contribution in [3.63, 3.8) is 0 Å². The fourth-order valence-corrected chi connectivity index (χ4v) is 2.38. The van der Waals surface area contributed by atoms with Crippen LogP contribution >= 0.6 is 0 Å². The van der Waals surface area contributed by atoms with Crippen molar-refractivity contribution in [1.29, 1.82) is 0 Å². The predicted octanol–water partition coefficient (Wildman–Crippen LogP) is 3.02. The van der Waals surface area contributed by atoms with Crippen LogP contribution in [-0.2, 0) is 6.18 Å². The summed E-state index contributed by atoms with van der Waals surface area (Å²) >= 11 is 0. The standard InChI is InChI=1S/C12H18F3N3/c1-8(2)18-5-3-9(4-6-18)11-16-7-10(17-11)12(13,14)15/h7-9H,3-6H2,1-2H3,(H,16,17). The molecule has 0 spiro atoms. The predicted molar refractivity (Wildman–Crippen MR) is 62.3 cm³/mol. The Morgan fingerprint density at radius 3 is 2.39 bits per heavy atom. The highest BCUT2D eigenvalue weighted by molar-refractivity contribution is 5.09. The molecule has 6 heteroatoms. The van der Waals surface area contributed by atoms with Gasteiger partial charge in [-0.2, -0.15) is 13.2 Å². The van der Waals surface area contributed by atoms with E-state index in [1.807, 2.05) is 0 Å². The van der Waals surface area contributed by atoms with Crippen LogP contribution < -0.4 is 0 Å². The van der Waals surface area contributed by atoms with Gasteiger partial charge in [0.05, 0.1) is 0 Å². The van der Waals surface area contributed by atoms with Gasteiger partial charge in [-0.3, -0.25) is 0 Å². The lowest BCUT2D eigenvalue weighted by molar-refractivity contribution is -0.141. The number of likely N-dealkylation sites (tertiary alicyclic amines) is 1. The molecule has 1 aromatic heterocycles. The van der Waals surface area contributed by atoms with Crippen LogP contribution in [0.15, 0.2) is 6.20 Å². The number of halogens is 3. The summed E-state index contributed by atoms with van der Waals surface area (Å²) in [5, 5.41) is 0. The average molecular weight is 261 g/mol. The van der Waals surface area contributed by atoms with Crippen LogP contribution in [0.5, 0.6) is 0 Å². The Morgan fingerprint density at radius 1 is 1.33 bits per heavy atom. The number of rotatable bonds is 2. The lowest BCUT2D eigenvalue weighted by Gasteiger charge is -2.33. The van der Waals surface area contributed by atoms with E-state index in [9.17, 15) is 13.2 Å². The van der Waals surface area contributed by atoms with Crippen molar-refractivity contribution in [3.05, 3.63) is 17.7 Å². The molecule has 1 aromatic rings. The molecule has 1 fully saturated rings. The SMILES string of the molecule is CC(C)N1CCC(c2nc(C(F)(F)F)c[nH]2)CC1. The van der Waals surface area contributed by atoms with E-state index in [0.717, 1.165) is 32.1 Å². The van der Waals surface area contributed by atoms with E-state index in [4.69, 9.17) is 0 Å². The minimum atomic E-state index is -4.35. The van der Waals surface area contributed by atoms with Crippen LogP contribution in [-0.4, -0.2) is 34.0 Å². The van der Waals surface area contributed by atoms with Crippen LogP contribution in [0.25, 0.3) is 0 Å². The lowest BCUT2D eigenvalue weighted by Crippen LogP contribution is -2.38. The quantitative estimate of drug-likeness (QED) is 0.887. The Balaban J connectivity index is 2.00. The van der Waals surface area contributed by atoms with Crippen molar-refractivity contribution in [2.45, 2.75) is 44.8 Å². The van der Waals surface area contributed by atoms with Gasteiger partial charge in [-0.25, -0.2) is 4.98 Å². The van der Waals surface area contributed by atoms with E-state index in [0.29, 0.717) is 11.9 Å². The second-order valence-electron chi connectivity index (χ2n) is 5.07. The number of hydrogen-bond donors (Lipinski definition) is 1. The van der Waals surface area contributed by atoms with E-state index in [2.05, 4.69) is 28.7 Å². The van der Waals surface area contributed by atoms with E-state index < -0.39 is 11.9 Å². The molecule has 18 heavy (non-hydrogen) atoms. The molecule has 2 heterocycles. The van der Waals surface area contributed by atoms with Gasteiger partial charge in [0.1, 0.15) is 5.82 Å². The highest BCUT2D eigenvalue weighted by atomic mass is 19.4. The number of hydrogen-bond acceptors (Lipinski definition) is 2. The van der Waals surface area contributed by atoms with Gasteiger partial charge in [0.2, 0.25) is 0 Å². The summed E-state index contributed by atoms with van der Waals surface area (Å²) in [5.41, 5.74) is -0.816. The molecule has 0 unspecified atom stereocenters. The first-order valence-corrected chi connectivity index (χ1v) is 6.24. The van der Waals surface area contributed by atoms with Crippen molar-refractivity contribution < 1.29 is 13.2 Å². The van der Waals surface area contributed by atoms with Crippen LogP contribution in [0.2, 0.25) is 0 Å². The molecule has 102 valence electrons. The van der Waals surface area contributed by atoms with Crippen molar-refractivity contribution in [3.8, 4) is 0 Å². The zero-order chi connectivity index (χ0) is 13.3. The molecule has 0 radical (unpaired) electrons. The number of aromatic nitrogens is 2. The number of imidazole rings is 1. The van der Waals surface area contributed by atoms with Gasteiger partial charge in [0.25, 0.3) is 0 Å². The zero-order valence-corrected chi connectivity index (χ0v) is 10.6. The van der Waals surface area contributed by atoms with Gasteiger partial charge >= 0.3 is 6.18 Å². The summed E-state index contributed by atoms with van der Waals surface area (Å²) in [4.78, 5) is 8.69. The second kappa shape index (κ2) is 4.91. The molecule has 1 N–H and O–H groups in total. The van der Waals surface area contributed by atoms with Crippen LogP contribution in [0.3, 0.4) is 0 Å². The summed E-state index contributed by atoms with van der Waals surface area (Å²) in [7, 11) is 0. The zero-order valence-electron chi connectivity index (χ0n) is 10.6. The fraction of sp³-hybridized carbons (Fsp3) is 0.750. The first kappa shape index (κ1) is 13.4. The molecule has 1 saturated heterocycles. The van der Waals surface area contributed by atoms with Crippen LogP contribution in [0, 0.1) is 0 Å². The maximum absolute atomic E-state index is 12.4. The maximum atomic E-state index is 12.4. The number of alkyl halides is 3. The Labute approximate surface area is 104 Å². The largest absolute Gasteiger partial charge is 0.434 e. The Morgan fingerprint density at radius 2 is 1.94 bits per heavy atom. The average Bonchev–Trinajstić information content (AvgIpc) is 2.78. The minimum Gasteiger partial charge on any atom is -0.348 e. The Kier molecular flexibility index (Phi) is 3.66. The molecule has 3 nitrogen and oxygen atoms in total. The molecule has 0 aromatic carbocycles. The summed E-state index contributed by atoms with van der Waals surface area (Å²) in [6.07, 6.45) is -1.66. The molecule has 1 aliphatic rings. The van der Waals surface area contributed by atoms with Crippen LogP contribution in [0.4, 0.5) is 13.2 Å². The molecule has 2 rings (SSSR count). The highest BCUT2D eigenvalue weighted by Gasteiger charge is 2.35. The van der Waals surface area contributed by atoms with Gasteiger partial charge in [-0.05, 0) is 39.8 Å². The van der Waals surface area contributed by atoms with Gasteiger partial charge in [-0.1, -0.05) is 0 Å². The van der Waals surface area contributed by atoms with Gasteiger partial charge in [0, 0.05) is 18.2 Å². The summed E-state index contributed by atoms with van der Waals surface area (Å²) in [5.74, 6) is 0.599. The molecular formula is C12H18F3N3. The van der Waals surface area contributed by atoms with E-state index in [1.54, 1.807) is 0 Å². The van der Waals surface area contributed by atoms with E-state index in [-0.39, 0.29) is 5.92 Å². The smallest absolute Gasteiger partial charge is 0.348 e. The third-order valence-electron chi connectivity index (χ3n) is 3.53. The molecule has 0 aliphatic carbocycles. The molecule has 1 aliphatic heterocycles. The third-order valence-corrected chi connectivity index (χ3v) is 3.53. The lowest BCUT2D eigenvalue weighted by atomic mass is 9.95. The van der Waals surface area contributed by atoms with Gasteiger partial charge < -0.3 is 9.88 Å². The Hall–Kier alpha value is -1.04. The normalized spacial score (nSPS) is 19.7. The number of piperidine rings is 1. The number of aromatic amines is 1. The van der Waals surface area contributed by atoms with Gasteiger partial charge in [-0.15, -0.1) is 0 Å². The first-order valence-electron chi connectivity index (χ1n) is 6.24. The number of nitrogens with zero attached hydrogens (tertiary/aromatic N) is 2. The summed E-state index contributed by atoms with van der Waals surface area (Å²) in [6, 6.07) is 0.494. The molecule has 0 atom stereocenters. The minimum absolute atomic E-state index is 0.121. The topological polar surface area (TPSA) is 31.9 Å². The molecule has 0 bridgehead atoms. The summed E-state index contributed by atoms with van der Waals surface area (Å²) in [6.45, 7) is 6.11.